The lowest BCUT2D eigenvalue weighted by molar-refractivity contribution is 0.299. The third kappa shape index (κ3) is 4.78. The fraction of sp³-hybridized carbons (Fsp3) is 0.368. The fourth-order valence-electron chi connectivity index (χ4n) is 2.48. The van der Waals surface area contributed by atoms with Crippen LogP contribution in [0.15, 0.2) is 36.4 Å². The number of aliphatic hydroxyl groups is 1. The molecule has 0 aliphatic rings. The van der Waals surface area contributed by atoms with Crippen molar-refractivity contribution in [1.82, 2.24) is 20.3 Å². The summed E-state index contributed by atoms with van der Waals surface area (Å²) in [5.41, 5.74) is 3.77. The van der Waals surface area contributed by atoms with Gasteiger partial charge >= 0.3 is 0 Å². The van der Waals surface area contributed by atoms with Crippen molar-refractivity contribution in [2.24, 2.45) is 0 Å². The van der Waals surface area contributed by atoms with Crippen molar-refractivity contribution in [3.05, 3.63) is 47.5 Å². The number of aryl methyl sites for hydroxylation is 1. The summed E-state index contributed by atoms with van der Waals surface area (Å²) in [6.45, 7) is 8.28. The molecule has 3 rings (SSSR count). The van der Waals surface area contributed by atoms with Crippen LogP contribution in [0.1, 0.15) is 25.0 Å². The zero-order chi connectivity index (χ0) is 18.2. The van der Waals surface area contributed by atoms with Gasteiger partial charge in [0.15, 0.2) is 0 Å². The van der Waals surface area contributed by atoms with Crippen molar-refractivity contribution in [2.75, 3.05) is 19.7 Å². The van der Waals surface area contributed by atoms with Crippen molar-refractivity contribution in [1.29, 1.82) is 0 Å². The quantitative estimate of drug-likeness (QED) is 0.664. The van der Waals surface area contributed by atoms with Gasteiger partial charge in [0.2, 0.25) is 0 Å². The Hall–Kier alpha value is -2.44. The topological polar surface area (TPSA) is 83.2 Å². The molecule has 1 heterocycles. The average molecular weight is 342 g/mol. The van der Waals surface area contributed by atoms with E-state index in [4.69, 9.17) is 5.11 Å². The number of fused-ring (bicyclic) bond motifs is 1. The molecule has 3 aromatic rings. The number of aliphatic hydroxyl groups excluding tert-OH is 1. The highest BCUT2D eigenvalue weighted by Crippen LogP contribution is 2.27. The Bertz CT molecular complexity index is 779. The van der Waals surface area contributed by atoms with Crippen LogP contribution in [0.2, 0.25) is 0 Å². The third-order valence-corrected chi connectivity index (χ3v) is 3.74. The van der Waals surface area contributed by atoms with Gasteiger partial charge in [-0.3, -0.25) is 0 Å². The van der Waals surface area contributed by atoms with Crippen molar-refractivity contribution < 1.29 is 10.2 Å². The van der Waals surface area contributed by atoms with Crippen LogP contribution in [0, 0.1) is 6.92 Å². The van der Waals surface area contributed by atoms with Gasteiger partial charge in [0.25, 0.3) is 0 Å². The van der Waals surface area contributed by atoms with Crippen molar-refractivity contribution in [2.45, 2.75) is 27.2 Å². The van der Waals surface area contributed by atoms with Gasteiger partial charge in [-0.1, -0.05) is 32.0 Å². The summed E-state index contributed by atoms with van der Waals surface area (Å²) in [4.78, 5) is 1.44. The number of hydrogen-bond donors (Lipinski definition) is 3. The van der Waals surface area contributed by atoms with Gasteiger partial charge in [0.05, 0.1) is 0 Å². The lowest BCUT2D eigenvalue weighted by atomic mass is 10.1. The van der Waals surface area contributed by atoms with Crippen molar-refractivity contribution in [3.8, 4) is 11.4 Å². The number of nitrogens with zero attached hydrogens (tertiary/aromatic N) is 3. The molecule has 25 heavy (non-hydrogen) atoms. The molecule has 0 saturated heterocycles. The molecule has 6 heteroatoms. The van der Waals surface area contributed by atoms with Gasteiger partial charge in [-0.25, -0.2) is 0 Å². The van der Waals surface area contributed by atoms with Crippen molar-refractivity contribution in [3.63, 3.8) is 0 Å². The average Bonchev–Trinajstić information content (AvgIpc) is 3.03. The summed E-state index contributed by atoms with van der Waals surface area (Å²) in [6.07, 6.45) is 0.537. The highest BCUT2D eigenvalue weighted by Gasteiger charge is 2.12. The maximum atomic E-state index is 10.2. The van der Waals surface area contributed by atoms with Gasteiger partial charge in [-0.2, -0.15) is 0 Å². The molecular weight excluding hydrogens is 316 g/mol. The van der Waals surface area contributed by atoms with E-state index in [0.717, 1.165) is 35.2 Å². The Kier molecular flexibility index (Phi) is 6.91. The van der Waals surface area contributed by atoms with Crippen LogP contribution in [-0.2, 0) is 6.42 Å². The molecule has 0 amide bonds. The molecule has 0 radical (unpaired) electrons. The van der Waals surface area contributed by atoms with Gasteiger partial charge in [0.1, 0.15) is 22.5 Å². The molecule has 0 aliphatic carbocycles. The number of benzene rings is 2. The van der Waals surface area contributed by atoms with E-state index in [2.05, 4.69) is 29.4 Å². The fourth-order valence-corrected chi connectivity index (χ4v) is 2.48. The molecule has 0 aliphatic heterocycles. The summed E-state index contributed by atoms with van der Waals surface area (Å²) in [7, 11) is 0. The Morgan fingerprint density at radius 1 is 1.04 bits per heavy atom. The molecule has 2 aromatic carbocycles. The molecule has 3 N–H and O–H groups in total. The minimum absolute atomic E-state index is 0.0676. The molecule has 0 atom stereocenters. The summed E-state index contributed by atoms with van der Waals surface area (Å²) in [6, 6.07) is 11.2. The summed E-state index contributed by atoms with van der Waals surface area (Å²) >= 11 is 0. The maximum Gasteiger partial charge on any atom is 0.146 e. The number of rotatable bonds is 5. The van der Waals surface area contributed by atoms with E-state index in [1.165, 1.54) is 4.80 Å². The molecule has 6 nitrogen and oxygen atoms in total. The Balaban J connectivity index is 0.000000399. The second-order valence-electron chi connectivity index (χ2n) is 5.69. The Labute approximate surface area is 148 Å². The Morgan fingerprint density at radius 2 is 1.64 bits per heavy atom. The molecule has 0 saturated carbocycles. The van der Waals surface area contributed by atoms with Gasteiger partial charge in [-0.05, 0) is 55.8 Å². The number of aromatic nitrogens is 3. The minimum Gasteiger partial charge on any atom is -0.505 e. The molecule has 0 bridgehead atoms. The smallest absolute Gasteiger partial charge is 0.146 e. The first-order valence-electron chi connectivity index (χ1n) is 8.57. The zero-order valence-electron chi connectivity index (χ0n) is 15.0. The second-order valence-corrected chi connectivity index (χ2v) is 5.69. The lowest BCUT2D eigenvalue weighted by Crippen LogP contribution is -2.09. The molecule has 0 fully saturated rings. The van der Waals surface area contributed by atoms with Gasteiger partial charge in [-0.15, -0.1) is 15.0 Å². The standard InChI is InChI=1S/C15H15N3O2.C4H11N/c1-10-8-11(6-7-19)9-14(15(10)20)18-16-12-4-2-3-5-13(12)17-18;1-3-5-4-2/h2-5,8-9,19-20H,6-7H2,1H3;5H,3-4H2,1-2H3. The van der Waals surface area contributed by atoms with Crippen molar-refractivity contribution >= 4 is 11.0 Å². The first kappa shape index (κ1) is 18.9. The van der Waals surface area contributed by atoms with Crippen LogP contribution >= 0.6 is 0 Å². The van der Waals surface area contributed by atoms with E-state index in [0.29, 0.717) is 12.1 Å². The Morgan fingerprint density at radius 3 is 2.12 bits per heavy atom. The molecule has 0 unspecified atom stereocenters. The van der Waals surface area contributed by atoms with Crippen LogP contribution < -0.4 is 5.32 Å². The number of nitrogens with one attached hydrogen (secondary N) is 1. The van der Waals surface area contributed by atoms with Crippen LogP contribution in [0.3, 0.4) is 0 Å². The maximum absolute atomic E-state index is 10.2. The monoisotopic (exact) mass is 342 g/mol. The minimum atomic E-state index is 0.0676. The normalized spacial score (nSPS) is 10.6. The highest BCUT2D eigenvalue weighted by molar-refractivity contribution is 5.73. The zero-order valence-corrected chi connectivity index (χ0v) is 15.0. The van der Waals surface area contributed by atoms with E-state index in [1.54, 1.807) is 6.07 Å². The lowest BCUT2D eigenvalue weighted by Gasteiger charge is -2.09. The summed E-state index contributed by atoms with van der Waals surface area (Å²) < 4.78 is 0. The summed E-state index contributed by atoms with van der Waals surface area (Å²) in [5, 5.41) is 31.1. The largest absolute Gasteiger partial charge is 0.505 e. The summed E-state index contributed by atoms with van der Waals surface area (Å²) in [5.74, 6) is 0.159. The van der Waals surface area contributed by atoms with E-state index >= 15 is 0 Å². The first-order chi connectivity index (χ1) is 12.1. The van der Waals surface area contributed by atoms with Crippen LogP contribution in [0.4, 0.5) is 0 Å². The number of hydrogen-bond acceptors (Lipinski definition) is 5. The van der Waals surface area contributed by atoms with Crippen LogP contribution in [0.5, 0.6) is 5.75 Å². The molecule has 0 spiro atoms. The highest BCUT2D eigenvalue weighted by atomic mass is 16.3. The van der Waals surface area contributed by atoms with Crippen LogP contribution in [-0.4, -0.2) is 44.9 Å². The predicted molar refractivity (Wildman–Crippen MR) is 100 cm³/mol. The predicted octanol–water partition coefficient (Wildman–Crippen LogP) is 2.59. The number of phenolic OH excluding ortho intramolecular Hbond substituents is 1. The third-order valence-electron chi connectivity index (χ3n) is 3.74. The second kappa shape index (κ2) is 9.15. The molecule has 134 valence electrons. The molecular formula is C19H26N4O2. The van der Waals surface area contributed by atoms with E-state index < -0.39 is 0 Å². The molecule has 1 aromatic heterocycles. The van der Waals surface area contributed by atoms with Crippen LogP contribution in [0.25, 0.3) is 16.7 Å². The van der Waals surface area contributed by atoms with E-state index in [9.17, 15) is 5.11 Å². The van der Waals surface area contributed by atoms with E-state index in [1.807, 2.05) is 37.3 Å². The van der Waals surface area contributed by atoms with E-state index in [-0.39, 0.29) is 12.4 Å². The first-order valence-corrected chi connectivity index (χ1v) is 8.57. The number of phenols is 1. The number of aromatic hydroxyl groups is 1. The SMILES string of the molecule is CCNCC.Cc1cc(CCO)cc(-n2nc3ccccc3n2)c1O. The van der Waals surface area contributed by atoms with Gasteiger partial charge in [0, 0.05) is 6.61 Å². The van der Waals surface area contributed by atoms with Gasteiger partial charge < -0.3 is 15.5 Å².